The van der Waals surface area contributed by atoms with Crippen LogP contribution in [0.1, 0.15) is 61.8 Å². The van der Waals surface area contributed by atoms with Gasteiger partial charge in [0, 0.05) is 17.6 Å². The van der Waals surface area contributed by atoms with E-state index in [0.717, 1.165) is 13.0 Å². The maximum Gasteiger partial charge on any atom is 0.166 e. The Kier molecular flexibility index (Phi) is 7.23. The van der Waals surface area contributed by atoms with E-state index in [0.29, 0.717) is 12.5 Å². The lowest BCUT2D eigenvalue weighted by atomic mass is 9.86. The standard InChI is InChI=1S/C16H33NO2/c1-12(2)11-19-13(14(18)15(3,4)5)9-10-17-16(6,7)8/h12-13,17H,9-11H2,1-8H3. The Labute approximate surface area is 119 Å². The summed E-state index contributed by atoms with van der Waals surface area (Å²) in [4.78, 5) is 12.4. The molecule has 0 aromatic heterocycles. The summed E-state index contributed by atoms with van der Waals surface area (Å²) >= 11 is 0. The van der Waals surface area contributed by atoms with Gasteiger partial charge in [-0.05, 0) is 39.7 Å². The van der Waals surface area contributed by atoms with Crippen LogP contribution >= 0.6 is 0 Å². The molecule has 0 aliphatic carbocycles. The van der Waals surface area contributed by atoms with Crippen LogP contribution in [-0.2, 0) is 9.53 Å². The van der Waals surface area contributed by atoms with Crippen molar-refractivity contribution in [3.05, 3.63) is 0 Å². The van der Waals surface area contributed by atoms with Gasteiger partial charge < -0.3 is 10.1 Å². The minimum Gasteiger partial charge on any atom is -0.370 e. The maximum atomic E-state index is 12.4. The summed E-state index contributed by atoms with van der Waals surface area (Å²) in [5.41, 5.74) is -0.267. The van der Waals surface area contributed by atoms with E-state index in [-0.39, 0.29) is 22.8 Å². The number of hydrogen-bond acceptors (Lipinski definition) is 3. The van der Waals surface area contributed by atoms with Crippen LogP contribution in [0.3, 0.4) is 0 Å². The third-order valence-electron chi connectivity index (χ3n) is 2.72. The zero-order chi connectivity index (χ0) is 15.3. The Morgan fingerprint density at radius 2 is 1.63 bits per heavy atom. The SMILES string of the molecule is CC(C)COC(CCNC(C)(C)C)C(=O)C(C)(C)C. The monoisotopic (exact) mass is 271 g/mol. The van der Waals surface area contributed by atoms with Crippen LogP contribution in [0.2, 0.25) is 0 Å². The molecule has 0 aromatic rings. The highest BCUT2D eigenvalue weighted by molar-refractivity contribution is 5.87. The first-order valence-electron chi connectivity index (χ1n) is 7.34. The van der Waals surface area contributed by atoms with Crippen LogP contribution in [0, 0.1) is 11.3 Å². The van der Waals surface area contributed by atoms with Gasteiger partial charge in [0.25, 0.3) is 0 Å². The molecule has 0 rings (SSSR count). The Morgan fingerprint density at radius 1 is 1.11 bits per heavy atom. The number of rotatable bonds is 7. The predicted octanol–water partition coefficient (Wildman–Crippen LogP) is 3.42. The van der Waals surface area contributed by atoms with Crippen LogP contribution in [-0.4, -0.2) is 30.6 Å². The smallest absolute Gasteiger partial charge is 0.166 e. The summed E-state index contributed by atoms with van der Waals surface area (Å²) in [7, 11) is 0. The normalized spacial score (nSPS) is 14.8. The second-order valence-corrected chi connectivity index (χ2v) is 7.80. The second-order valence-electron chi connectivity index (χ2n) is 7.80. The van der Waals surface area contributed by atoms with Crippen molar-refractivity contribution >= 4 is 5.78 Å². The summed E-state index contributed by atoms with van der Waals surface area (Å²) in [5.74, 6) is 0.648. The molecule has 0 fully saturated rings. The molecule has 0 spiro atoms. The molecular formula is C16H33NO2. The van der Waals surface area contributed by atoms with E-state index in [2.05, 4.69) is 39.9 Å². The molecule has 0 saturated carbocycles. The van der Waals surface area contributed by atoms with Crippen LogP contribution < -0.4 is 5.32 Å². The van der Waals surface area contributed by atoms with Crippen LogP contribution in [0.25, 0.3) is 0 Å². The van der Waals surface area contributed by atoms with E-state index >= 15 is 0 Å². The van der Waals surface area contributed by atoms with Gasteiger partial charge in [-0.3, -0.25) is 4.79 Å². The lowest BCUT2D eigenvalue weighted by Crippen LogP contribution is -2.41. The summed E-state index contributed by atoms with van der Waals surface area (Å²) in [6.07, 6.45) is 0.442. The molecule has 0 aliphatic heterocycles. The van der Waals surface area contributed by atoms with Crippen LogP contribution in [0.15, 0.2) is 0 Å². The molecule has 1 unspecified atom stereocenters. The fourth-order valence-corrected chi connectivity index (χ4v) is 1.66. The molecule has 0 amide bonds. The van der Waals surface area contributed by atoms with Crippen molar-refractivity contribution in [2.24, 2.45) is 11.3 Å². The van der Waals surface area contributed by atoms with Gasteiger partial charge in [0.1, 0.15) is 6.10 Å². The number of ether oxygens (including phenoxy) is 1. The maximum absolute atomic E-state index is 12.4. The molecule has 0 heterocycles. The minimum absolute atomic E-state index is 0.0768. The molecule has 0 aliphatic rings. The van der Waals surface area contributed by atoms with E-state index in [1.807, 2.05) is 20.8 Å². The molecule has 0 aromatic carbocycles. The molecule has 3 heteroatoms. The van der Waals surface area contributed by atoms with Gasteiger partial charge in [-0.25, -0.2) is 0 Å². The summed E-state index contributed by atoms with van der Waals surface area (Å²) in [5, 5.41) is 3.41. The van der Waals surface area contributed by atoms with Gasteiger partial charge in [0.05, 0.1) is 0 Å². The Hall–Kier alpha value is -0.410. The zero-order valence-electron chi connectivity index (χ0n) is 14.1. The van der Waals surface area contributed by atoms with E-state index in [4.69, 9.17) is 4.74 Å². The van der Waals surface area contributed by atoms with E-state index in [1.54, 1.807) is 0 Å². The van der Waals surface area contributed by atoms with E-state index in [1.165, 1.54) is 0 Å². The summed E-state index contributed by atoms with van der Waals surface area (Å²) < 4.78 is 5.82. The van der Waals surface area contributed by atoms with Gasteiger partial charge in [0.15, 0.2) is 5.78 Å². The number of hydrogen-bond donors (Lipinski definition) is 1. The van der Waals surface area contributed by atoms with E-state index < -0.39 is 0 Å². The molecule has 0 saturated heterocycles. The third kappa shape index (κ3) is 9.17. The highest BCUT2D eigenvalue weighted by atomic mass is 16.5. The Morgan fingerprint density at radius 3 is 2.00 bits per heavy atom. The van der Waals surface area contributed by atoms with Crippen molar-refractivity contribution in [2.45, 2.75) is 73.5 Å². The van der Waals surface area contributed by atoms with Crippen molar-refractivity contribution in [2.75, 3.05) is 13.2 Å². The molecule has 114 valence electrons. The predicted molar refractivity (Wildman–Crippen MR) is 81.4 cm³/mol. The minimum atomic E-state index is -0.344. The van der Waals surface area contributed by atoms with E-state index in [9.17, 15) is 4.79 Å². The van der Waals surface area contributed by atoms with Gasteiger partial charge in [-0.15, -0.1) is 0 Å². The second kappa shape index (κ2) is 7.39. The number of Topliss-reactive ketones (excluding diaryl/α,β-unsaturated/α-hetero) is 1. The molecule has 19 heavy (non-hydrogen) atoms. The van der Waals surface area contributed by atoms with Gasteiger partial charge in [0.2, 0.25) is 0 Å². The quantitative estimate of drug-likeness (QED) is 0.771. The van der Waals surface area contributed by atoms with Crippen molar-refractivity contribution in [3.63, 3.8) is 0 Å². The fraction of sp³-hybridized carbons (Fsp3) is 0.938. The highest BCUT2D eigenvalue weighted by Crippen LogP contribution is 2.20. The first kappa shape index (κ1) is 18.6. The Balaban J connectivity index is 4.47. The average Bonchev–Trinajstić information content (AvgIpc) is 2.18. The van der Waals surface area contributed by atoms with Crippen molar-refractivity contribution in [1.82, 2.24) is 5.32 Å². The highest BCUT2D eigenvalue weighted by Gasteiger charge is 2.30. The average molecular weight is 271 g/mol. The van der Waals surface area contributed by atoms with Crippen molar-refractivity contribution < 1.29 is 9.53 Å². The first-order valence-corrected chi connectivity index (χ1v) is 7.34. The van der Waals surface area contributed by atoms with Gasteiger partial charge in [-0.1, -0.05) is 34.6 Å². The number of carbonyl (C=O) groups is 1. The number of carbonyl (C=O) groups excluding carboxylic acids is 1. The molecule has 3 nitrogen and oxygen atoms in total. The lowest BCUT2D eigenvalue weighted by Gasteiger charge is -2.27. The van der Waals surface area contributed by atoms with Gasteiger partial charge >= 0.3 is 0 Å². The topological polar surface area (TPSA) is 38.3 Å². The number of ketones is 1. The first-order chi connectivity index (χ1) is 8.43. The third-order valence-corrected chi connectivity index (χ3v) is 2.72. The largest absolute Gasteiger partial charge is 0.370 e. The molecule has 0 bridgehead atoms. The lowest BCUT2D eigenvalue weighted by molar-refractivity contribution is -0.139. The van der Waals surface area contributed by atoms with Gasteiger partial charge in [-0.2, -0.15) is 0 Å². The molecule has 1 atom stereocenters. The molecule has 0 radical (unpaired) electrons. The molecular weight excluding hydrogens is 238 g/mol. The fourth-order valence-electron chi connectivity index (χ4n) is 1.66. The summed E-state index contributed by atoms with van der Waals surface area (Å²) in [6, 6.07) is 0. The Bertz CT molecular complexity index is 271. The van der Waals surface area contributed by atoms with Crippen molar-refractivity contribution in [3.8, 4) is 0 Å². The zero-order valence-corrected chi connectivity index (χ0v) is 14.1. The van der Waals surface area contributed by atoms with Crippen LogP contribution in [0.4, 0.5) is 0 Å². The summed E-state index contributed by atoms with van der Waals surface area (Å²) in [6.45, 7) is 17.9. The van der Waals surface area contributed by atoms with Crippen LogP contribution in [0.5, 0.6) is 0 Å². The van der Waals surface area contributed by atoms with Crippen molar-refractivity contribution in [1.29, 1.82) is 0 Å². The molecule has 1 N–H and O–H groups in total. The number of nitrogens with one attached hydrogen (secondary N) is 1.